The maximum atomic E-state index is 15.8. The van der Waals surface area contributed by atoms with E-state index in [1.54, 1.807) is 72.8 Å². The average Bonchev–Trinajstić information content (AvgIpc) is 3.38. The SMILES string of the molecule is CC(=O)O[C@H]1C(=O)[C@]2(C)C(O)C[C@H]3OC[C@@]3(OC(C)=O)C2[C@H](OC(=O)c2ccccc2)[C@]2(O)C[C@H](OC(=O)[C@H](OC(=O)CCc3ccccc3[N+](=O)[O-])[C@@H](NC(=O)c3ccccc3)c3ccccc3)C(C)=C1C2(C)C. The van der Waals surface area contributed by atoms with Gasteiger partial charge in [0.05, 0.1) is 34.5 Å². The summed E-state index contributed by atoms with van der Waals surface area (Å²) in [6.45, 7) is 7.72. The molecule has 0 radical (unpaired) electrons. The van der Waals surface area contributed by atoms with Gasteiger partial charge in [0.1, 0.15) is 30.0 Å². The standard InChI is InChI=1S/C56H58N2O17/c1-31-39(72-52(66)46(73-42(62)27-26-34-18-16-17-25-38(34)58(68)69)44(35-19-10-7-11-20-35)57-50(64)36-21-12-8-13-22-36)29-56(67)49(74-51(65)37-23-14-9-15-24-37)47-54(6,40(61)28-41-55(47,30-70-41)75-33(3)60)48(63)45(71-32(2)59)43(31)53(56,4)5/h7-25,39-41,44-47,49,61,67H,26-30H2,1-6H3,(H,57,64)/t39-,40?,41+,44-,45+,46+,47?,49-,54+,55-,56+/m0/s1. The first-order valence-corrected chi connectivity index (χ1v) is 24.5. The minimum Gasteiger partial charge on any atom is -0.455 e. The van der Waals surface area contributed by atoms with E-state index in [1.807, 2.05) is 0 Å². The zero-order valence-electron chi connectivity index (χ0n) is 42.1. The molecule has 3 aliphatic carbocycles. The Morgan fingerprint density at radius 1 is 0.827 bits per heavy atom. The minimum atomic E-state index is -2.51. The van der Waals surface area contributed by atoms with Crippen LogP contribution in [-0.4, -0.2) is 111 Å². The van der Waals surface area contributed by atoms with Gasteiger partial charge >= 0.3 is 29.8 Å². The lowest BCUT2D eigenvalue weighted by atomic mass is 9.44. The van der Waals surface area contributed by atoms with Crippen molar-refractivity contribution < 1.29 is 77.1 Å². The van der Waals surface area contributed by atoms with E-state index in [2.05, 4.69) is 5.32 Å². The molecule has 4 aliphatic rings. The molecular weight excluding hydrogens is 973 g/mol. The van der Waals surface area contributed by atoms with Gasteiger partial charge in [0.2, 0.25) is 6.10 Å². The minimum absolute atomic E-state index is 0.0212. The number of aliphatic hydroxyl groups is 2. The van der Waals surface area contributed by atoms with Crippen LogP contribution in [0.4, 0.5) is 5.69 Å². The number of esters is 5. The van der Waals surface area contributed by atoms with Crippen molar-refractivity contribution >= 4 is 47.2 Å². The first-order chi connectivity index (χ1) is 35.5. The average molecular weight is 1030 g/mol. The van der Waals surface area contributed by atoms with Crippen LogP contribution in [0.3, 0.4) is 0 Å². The summed E-state index contributed by atoms with van der Waals surface area (Å²) in [5.41, 5.74) is -7.83. The number of fused-ring (bicyclic) bond motifs is 5. The summed E-state index contributed by atoms with van der Waals surface area (Å²) in [5.74, 6) is -8.30. The highest BCUT2D eigenvalue weighted by molar-refractivity contribution is 5.96. The van der Waals surface area contributed by atoms with Crippen molar-refractivity contribution in [2.75, 3.05) is 6.61 Å². The second kappa shape index (κ2) is 21.0. The molecule has 4 aromatic rings. The molecule has 0 aromatic heterocycles. The van der Waals surface area contributed by atoms with Crippen LogP contribution in [0.25, 0.3) is 0 Å². The van der Waals surface area contributed by atoms with Gasteiger partial charge in [-0.05, 0) is 61.2 Å². The number of carbonyl (C=O) groups excluding carboxylic acids is 7. The molecule has 11 atom stereocenters. The van der Waals surface area contributed by atoms with Crippen LogP contribution in [0.2, 0.25) is 0 Å². The van der Waals surface area contributed by atoms with Gasteiger partial charge in [-0.1, -0.05) is 98.8 Å². The topological polar surface area (TPSA) is 270 Å². The lowest BCUT2D eigenvalue weighted by molar-refractivity contribution is -0.385. The number of hydrogen-bond donors (Lipinski definition) is 3. The number of hydrogen-bond acceptors (Lipinski definition) is 17. The highest BCUT2D eigenvalue weighted by atomic mass is 16.6. The highest BCUT2D eigenvalue weighted by Crippen LogP contribution is 2.64. The van der Waals surface area contributed by atoms with Gasteiger partial charge in [0, 0.05) is 55.7 Å². The number of carbonyl (C=O) groups is 7. The van der Waals surface area contributed by atoms with Crippen LogP contribution in [0.5, 0.6) is 0 Å². The Morgan fingerprint density at radius 2 is 1.43 bits per heavy atom. The maximum absolute atomic E-state index is 15.8. The number of aliphatic hydroxyl groups excluding tert-OH is 1. The third-order valence-corrected chi connectivity index (χ3v) is 15.5. The number of aryl methyl sites for hydroxylation is 1. The van der Waals surface area contributed by atoms with Crippen molar-refractivity contribution in [3.05, 3.63) is 159 Å². The fraction of sp³-hybridized carbons (Fsp3) is 0.411. The summed E-state index contributed by atoms with van der Waals surface area (Å²) < 4.78 is 36.8. The van der Waals surface area contributed by atoms with Crippen molar-refractivity contribution in [1.29, 1.82) is 0 Å². The van der Waals surface area contributed by atoms with Gasteiger partial charge in [-0.3, -0.25) is 34.1 Å². The number of ketones is 1. The van der Waals surface area contributed by atoms with E-state index >= 15 is 9.59 Å². The molecule has 19 nitrogen and oxygen atoms in total. The normalized spacial score (nSPS) is 28.2. The molecule has 3 N–H and O–H groups in total. The van der Waals surface area contributed by atoms with E-state index in [4.69, 9.17) is 28.4 Å². The molecular formula is C56H58N2O17. The van der Waals surface area contributed by atoms with E-state index < -0.39 is 130 Å². The quantitative estimate of drug-likeness (QED) is 0.0416. The smallest absolute Gasteiger partial charge is 0.350 e. The Morgan fingerprint density at radius 3 is 2.01 bits per heavy atom. The summed E-state index contributed by atoms with van der Waals surface area (Å²) in [6, 6.07) is 28.1. The molecule has 3 fully saturated rings. The Bertz CT molecular complexity index is 2930. The molecule has 2 saturated carbocycles. The number of nitro groups is 1. The third-order valence-electron chi connectivity index (χ3n) is 15.5. The Labute approximate surface area is 431 Å². The third kappa shape index (κ3) is 9.82. The summed E-state index contributed by atoms with van der Waals surface area (Å²) in [6.07, 6.45) is -11.8. The van der Waals surface area contributed by atoms with Crippen molar-refractivity contribution in [2.45, 2.75) is 121 Å². The predicted octanol–water partition coefficient (Wildman–Crippen LogP) is 5.83. The Kier molecular flexibility index (Phi) is 15.0. The van der Waals surface area contributed by atoms with Crippen molar-refractivity contribution in [3.63, 3.8) is 0 Å². The number of amides is 1. The van der Waals surface area contributed by atoms with E-state index in [0.29, 0.717) is 0 Å². The van der Waals surface area contributed by atoms with Crippen molar-refractivity contribution in [2.24, 2.45) is 16.7 Å². The first-order valence-electron chi connectivity index (χ1n) is 24.5. The lowest BCUT2D eigenvalue weighted by Gasteiger charge is -2.67. The van der Waals surface area contributed by atoms with E-state index in [1.165, 1.54) is 70.2 Å². The van der Waals surface area contributed by atoms with Crippen molar-refractivity contribution in [3.8, 4) is 0 Å². The fourth-order valence-electron chi connectivity index (χ4n) is 11.6. The molecule has 4 aromatic carbocycles. The number of ether oxygens (including phenoxy) is 6. The van der Waals surface area contributed by atoms with Gasteiger partial charge in [0.15, 0.2) is 17.5 Å². The summed E-state index contributed by atoms with van der Waals surface area (Å²) >= 11 is 0. The number of benzene rings is 4. The molecule has 2 unspecified atom stereocenters. The zero-order valence-corrected chi connectivity index (χ0v) is 42.1. The molecule has 394 valence electrons. The highest BCUT2D eigenvalue weighted by Gasteiger charge is 2.78. The largest absolute Gasteiger partial charge is 0.455 e. The molecule has 0 spiro atoms. The molecule has 1 amide bonds. The van der Waals surface area contributed by atoms with Crippen LogP contribution in [0.15, 0.2) is 126 Å². The monoisotopic (exact) mass is 1030 g/mol. The first kappa shape index (κ1) is 53.7. The Balaban J connectivity index is 1.28. The number of nitrogens with zero attached hydrogens (tertiary/aromatic N) is 1. The predicted molar refractivity (Wildman–Crippen MR) is 263 cm³/mol. The number of rotatable bonds is 15. The van der Waals surface area contributed by atoms with Crippen molar-refractivity contribution in [1.82, 2.24) is 5.32 Å². The van der Waals surface area contributed by atoms with E-state index in [9.17, 15) is 44.3 Å². The molecule has 1 saturated heterocycles. The zero-order chi connectivity index (χ0) is 54.2. The van der Waals surface area contributed by atoms with Crippen LogP contribution in [-0.2, 0) is 58.8 Å². The van der Waals surface area contributed by atoms with Gasteiger partial charge in [-0.15, -0.1) is 0 Å². The van der Waals surface area contributed by atoms with Gasteiger partial charge in [0.25, 0.3) is 11.6 Å². The molecule has 75 heavy (non-hydrogen) atoms. The summed E-state index contributed by atoms with van der Waals surface area (Å²) in [7, 11) is 0. The van der Waals surface area contributed by atoms with Gasteiger partial charge in [-0.2, -0.15) is 0 Å². The summed E-state index contributed by atoms with van der Waals surface area (Å²) in [4.78, 5) is 111. The number of Topliss-reactive ketones (excluding diaryl/α,β-unsaturated/α-hetero) is 1. The molecule has 1 heterocycles. The van der Waals surface area contributed by atoms with E-state index in [0.717, 1.165) is 13.8 Å². The maximum Gasteiger partial charge on any atom is 0.350 e. The van der Waals surface area contributed by atoms with Crippen LogP contribution in [0.1, 0.15) is 98.7 Å². The molecule has 1 aliphatic heterocycles. The number of para-hydroxylation sites is 1. The fourth-order valence-corrected chi connectivity index (χ4v) is 11.6. The van der Waals surface area contributed by atoms with Gasteiger partial charge < -0.3 is 44.0 Å². The van der Waals surface area contributed by atoms with E-state index in [-0.39, 0.29) is 58.5 Å². The summed E-state index contributed by atoms with van der Waals surface area (Å²) in [5, 5.41) is 40.9. The second-order valence-corrected chi connectivity index (χ2v) is 20.2. The van der Waals surface area contributed by atoms with Crippen LogP contribution >= 0.6 is 0 Å². The molecule has 2 bridgehead atoms. The number of nitrogens with one attached hydrogen (secondary N) is 1. The lowest BCUT2D eigenvalue weighted by Crippen LogP contribution is -2.82. The second-order valence-electron chi connectivity index (χ2n) is 20.2. The molecule has 19 heteroatoms. The number of nitro benzene ring substituents is 1. The van der Waals surface area contributed by atoms with Crippen LogP contribution < -0.4 is 5.32 Å². The molecule has 8 rings (SSSR count). The van der Waals surface area contributed by atoms with Gasteiger partial charge in [-0.25, -0.2) is 9.59 Å². The van der Waals surface area contributed by atoms with Crippen LogP contribution in [0, 0.1) is 26.9 Å². The Hall–Kier alpha value is -7.61.